The zero-order chi connectivity index (χ0) is 19.7. The maximum absolute atomic E-state index is 13.4. The lowest BCUT2D eigenvalue weighted by Gasteiger charge is -2.23. The van der Waals surface area contributed by atoms with E-state index in [0.717, 1.165) is 38.1 Å². The summed E-state index contributed by atoms with van der Waals surface area (Å²) in [4.78, 5) is 15.3. The van der Waals surface area contributed by atoms with E-state index in [1.807, 2.05) is 85.5 Å². The Balaban J connectivity index is 1.85. The molecule has 28 heavy (non-hydrogen) atoms. The number of rotatable bonds is 3. The van der Waals surface area contributed by atoms with Crippen LogP contribution >= 0.6 is 15.9 Å². The molecule has 1 heterocycles. The van der Waals surface area contributed by atoms with E-state index < -0.39 is 0 Å². The fraction of sp³-hybridized carbons (Fsp3) is 0.0800. The third-order valence-electron chi connectivity index (χ3n) is 4.85. The maximum Gasteiger partial charge on any atom is 0.262 e. The number of nitrogens with zero attached hydrogens (tertiary/aromatic N) is 1. The Morgan fingerprint density at radius 3 is 2.32 bits per heavy atom. The van der Waals surface area contributed by atoms with E-state index >= 15 is 0 Å². The van der Waals surface area contributed by atoms with Crippen LogP contribution in [0.15, 0.2) is 88.9 Å². The van der Waals surface area contributed by atoms with Crippen LogP contribution in [0.3, 0.4) is 0 Å². The van der Waals surface area contributed by atoms with Crippen LogP contribution in [0.25, 0.3) is 11.8 Å². The summed E-state index contributed by atoms with van der Waals surface area (Å²) in [7, 11) is 0. The van der Waals surface area contributed by atoms with Crippen LogP contribution < -0.4 is 4.90 Å². The van der Waals surface area contributed by atoms with Crippen molar-refractivity contribution < 1.29 is 4.79 Å². The second-order valence-electron chi connectivity index (χ2n) is 6.98. The summed E-state index contributed by atoms with van der Waals surface area (Å²) >= 11 is 3.46. The molecule has 0 N–H and O–H groups in total. The van der Waals surface area contributed by atoms with Crippen molar-refractivity contribution in [3.05, 3.63) is 111 Å². The van der Waals surface area contributed by atoms with Crippen LogP contribution in [0.2, 0.25) is 0 Å². The molecule has 3 aromatic carbocycles. The van der Waals surface area contributed by atoms with Gasteiger partial charge in [0.1, 0.15) is 0 Å². The van der Waals surface area contributed by atoms with E-state index in [4.69, 9.17) is 0 Å². The third-order valence-corrected chi connectivity index (χ3v) is 5.38. The molecule has 1 amide bonds. The summed E-state index contributed by atoms with van der Waals surface area (Å²) in [5.41, 5.74) is 6.75. The number of carbonyl (C=O) groups is 1. The molecule has 138 valence electrons. The van der Waals surface area contributed by atoms with Crippen LogP contribution in [0.4, 0.5) is 5.69 Å². The van der Waals surface area contributed by atoms with Gasteiger partial charge in [0, 0.05) is 10.0 Å². The summed E-state index contributed by atoms with van der Waals surface area (Å²) in [5, 5.41) is 0. The quantitative estimate of drug-likeness (QED) is 0.432. The molecule has 0 saturated heterocycles. The molecule has 0 saturated carbocycles. The van der Waals surface area contributed by atoms with Gasteiger partial charge in [0.2, 0.25) is 0 Å². The predicted molar refractivity (Wildman–Crippen MR) is 120 cm³/mol. The molecule has 0 aromatic heterocycles. The fourth-order valence-corrected chi connectivity index (χ4v) is 3.64. The summed E-state index contributed by atoms with van der Waals surface area (Å²) in [5.74, 6) is -0.00419. The standard InChI is InChI=1S/C25H20BrNO/c1-17-8-9-18(2)23(14-17)27-24(20-6-4-3-5-7-20)16-21(25(27)28)15-19-10-12-22(26)13-11-19/h3-16H,1-2H3. The molecular formula is C25H20BrNO. The van der Waals surface area contributed by atoms with E-state index in [1.165, 1.54) is 0 Å². The van der Waals surface area contributed by atoms with Gasteiger partial charge in [0.05, 0.1) is 11.4 Å². The predicted octanol–water partition coefficient (Wildman–Crippen LogP) is 6.54. The van der Waals surface area contributed by atoms with E-state index in [2.05, 4.69) is 34.1 Å². The Bertz CT molecular complexity index is 1100. The highest BCUT2D eigenvalue weighted by Gasteiger charge is 2.31. The molecule has 0 spiro atoms. The molecule has 0 unspecified atom stereocenters. The smallest absolute Gasteiger partial charge is 0.262 e. The van der Waals surface area contributed by atoms with Gasteiger partial charge in [-0.25, -0.2) is 0 Å². The number of benzene rings is 3. The van der Waals surface area contributed by atoms with Crippen molar-refractivity contribution in [1.82, 2.24) is 0 Å². The van der Waals surface area contributed by atoms with E-state index in [1.54, 1.807) is 0 Å². The number of halogens is 1. The first-order valence-corrected chi connectivity index (χ1v) is 9.98. The van der Waals surface area contributed by atoms with Gasteiger partial charge < -0.3 is 0 Å². The average molecular weight is 430 g/mol. The minimum atomic E-state index is -0.00419. The minimum Gasteiger partial charge on any atom is -0.276 e. The second-order valence-corrected chi connectivity index (χ2v) is 7.89. The van der Waals surface area contributed by atoms with Crippen LogP contribution in [-0.2, 0) is 4.79 Å². The van der Waals surface area contributed by atoms with Gasteiger partial charge in [0.25, 0.3) is 5.91 Å². The van der Waals surface area contributed by atoms with Crippen molar-refractivity contribution in [3.8, 4) is 0 Å². The first kappa shape index (κ1) is 18.5. The summed E-state index contributed by atoms with van der Waals surface area (Å²) in [6.07, 6.45) is 3.93. The van der Waals surface area contributed by atoms with Crippen LogP contribution in [0.1, 0.15) is 22.3 Å². The zero-order valence-corrected chi connectivity index (χ0v) is 17.4. The van der Waals surface area contributed by atoms with Crippen molar-refractivity contribution >= 4 is 39.3 Å². The first-order chi connectivity index (χ1) is 13.5. The van der Waals surface area contributed by atoms with E-state index in [9.17, 15) is 4.79 Å². The lowest BCUT2D eigenvalue weighted by molar-refractivity contribution is -0.113. The monoisotopic (exact) mass is 429 g/mol. The van der Waals surface area contributed by atoms with E-state index in [-0.39, 0.29) is 5.91 Å². The molecule has 0 aliphatic carbocycles. The number of aryl methyl sites for hydroxylation is 2. The molecule has 1 aliphatic rings. The normalized spacial score (nSPS) is 15.2. The largest absolute Gasteiger partial charge is 0.276 e. The minimum absolute atomic E-state index is 0.00419. The van der Waals surface area contributed by atoms with Crippen molar-refractivity contribution in [3.63, 3.8) is 0 Å². The first-order valence-electron chi connectivity index (χ1n) is 9.19. The van der Waals surface area contributed by atoms with Gasteiger partial charge in [-0.2, -0.15) is 0 Å². The maximum atomic E-state index is 13.4. The van der Waals surface area contributed by atoms with Crippen molar-refractivity contribution in [2.75, 3.05) is 4.90 Å². The Labute approximate surface area is 174 Å². The van der Waals surface area contributed by atoms with Crippen LogP contribution in [-0.4, -0.2) is 5.91 Å². The Morgan fingerprint density at radius 2 is 1.61 bits per heavy atom. The molecule has 4 rings (SSSR count). The number of hydrogen-bond donors (Lipinski definition) is 0. The highest BCUT2D eigenvalue weighted by Crippen LogP contribution is 2.37. The Morgan fingerprint density at radius 1 is 0.893 bits per heavy atom. The summed E-state index contributed by atoms with van der Waals surface area (Å²) in [6.45, 7) is 4.09. The van der Waals surface area contributed by atoms with Gasteiger partial charge >= 0.3 is 0 Å². The number of hydrogen-bond acceptors (Lipinski definition) is 1. The topological polar surface area (TPSA) is 20.3 Å². The van der Waals surface area contributed by atoms with Crippen LogP contribution in [0, 0.1) is 13.8 Å². The number of amides is 1. The fourth-order valence-electron chi connectivity index (χ4n) is 3.37. The van der Waals surface area contributed by atoms with Crippen LogP contribution in [0.5, 0.6) is 0 Å². The second kappa shape index (κ2) is 7.61. The van der Waals surface area contributed by atoms with Gasteiger partial charge in [-0.05, 0) is 66.5 Å². The van der Waals surface area contributed by atoms with Gasteiger partial charge in [-0.1, -0.05) is 70.5 Å². The molecule has 0 atom stereocenters. The number of carbonyl (C=O) groups excluding carboxylic acids is 1. The lowest BCUT2D eigenvalue weighted by Crippen LogP contribution is -2.25. The highest BCUT2D eigenvalue weighted by molar-refractivity contribution is 9.10. The molecule has 3 heteroatoms. The molecule has 0 bridgehead atoms. The molecule has 3 aromatic rings. The van der Waals surface area contributed by atoms with Gasteiger partial charge in [0.15, 0.2) is 0 Å². The average Bonchev–Trinajstić information content (AvgIpc) is 3.02. The van der Waals surface area contributed by atoms with Crippen molar-refractivity contribution in [2.24, 2.45) is 0 Å². The van der Waals surface area contributed by atoms with Crippen molar-refractivity contribution in [1.29, 1.82) is 0 Å². The molecule has 2 nitrogen and oxygen atoms in total. The third kappa shape index (κ3) is 3.58. The summed E-state index contributed by atoms with van der Waals surface area (Å²) in [6, 6.07) is 24.2. The molecular weight excluding hydrogens is 410 g/mol. The SMILES string of the molecule is Cc1ccc(C)c(N2C(=O)C(=Cc3ccc(Br)cc3)C=C2c2ccccc2)c1. The Hall–Kier alpha value is -2.91. The molecule has 1 aliphatic heterocycles. The lowest BCUT2D eigenvalue weighted by atomic mass is 10.1. The van der Waals surface area contributed by atoms with Gasteiger partial charge in [-0.3, -0.25) is 9.69 Å². The number of anilines is 1. The summed E-state index contributed by atoms with van der Waals surface area (Å²) < 4.78 is 1.02. The molecule has 0 radical (unpaired) electrons. The highest BCUT2D eigenvalue weighted by atomic mass is 79.9. The van der Waals surface area contributed by atoms with Gasteiger partial charge in [-0.15, -0.1) is 0 Å². The molecule has 0 fully saturated rings. The Kier molecular flexibility index (Phi) is 5.01. The van der Waals surface area contributed by atoms with E-state index in [0.29, 0.717) is 5.57 Å². The zero-order valence-electron chi connectivity index (χ0n) is 15.8. The van der Waals surface area contributed by atoms with Crippen molar-refractivity contribution in [2.45, 2.75) is 13.8 Å².